The molecule has 0 aliphatic rings. The molecule has 0 spiro atoms. The van der Waals surface area contributed by atoms with Crippen LogP contribution in [0.5, 0.6) is 0 Å². The van der Waals surface area contributed by atoms with Crippen molar-refractivity contribution < 1.29 is 18.3 Å². The lowest BCUT2D eigenvalue weighted by molar-refractivity contribution is -0.137. The van der Waals surface area contributed by atoms with E-state index in [1.54, 1.807) is 20.8 Å². The highest BCUT2D eigenvalue weighted by Crippen LogP contribution is 2.14. The highest BCUT2D eigenvalue weighted by Gasteiger charge is 2.30. The summed E-state index contributed by atoms with van der Waals surface area (Å²) >= 11 is 0. The predicted octanol–water partition coefficient (Wildman–Crippen LogP) is 0.910. The molecule has 90 valence electrons. The molecule has 1 N–H and O–H groups in total. The third-order valence-corrected chi connectivity index (χ3v) is 4.63. The van der Waals surface area contributed by atoms with Crippen molar-refractivity contribution in [2.45, 2.75) is 45.4 Å². The van der Waals surface area contributed by atoms with Crippen LogP contribution in [0, 0.1) is 0 Å². The fraction of sp³-hybridized carbons (Fsp3) is 0.889. The minimum atomic E-state index is -3.49. The van der Waals surface area contributed by atoms with Crippen molar-refractivity contribution in [3.05, 3.63) is 0 Å². The number of nitrogens with zero attached hydrogens (tertiary/aromatic N) is 1. The van der Waals surface area contributed by atoms with E-state index in [-0.39, 0.29) is 6.04 Å². The Morgan fingerprint density at radius 3 is 2.07 bits per heavy atom. The second-order valence-corrected chi connectivity index (χ2v) is 6.23. The maximum Gasteiger partial charge on any atom is 0.318 e. The second-order valence-electron chi connectivity index (χ2n) is 3.79. The van der Waals surface area contributed by atoms with Crippen molar-refractivity contribution in [2.24, 2.45) is 0 Å². The van der Waals surface area contributed by atoms with Crippen LogP contribution in [0.1, 0.15) is 34.1 Å². The largest absolute Gasteiger partial charge is 0.480 e. The van der Waals surface area contributed by atoms with Gasteiger partial charge in [-0.3, -0.25) is 4.79 Å². The highest BCUT2D eigenvalue weighted by molar-refractivity contribution is 7.89. The molecule has 1 unspecified atom stereocenters. The van der Waals surface area contributed by atoms with Crippen LogP contribution in [-0.4, -0.2) is 41.6 Å². The van der Waals surface area contributed by atoms with Crippen LogP contribution in [0.25, 0.3) is 0 Å². The first-order valence-corrected chi connectivity index (χ1v) is 6.46. The number of hydrogen-bond donors (Lipinski definition) is 1. The SMILES string of the molecule is CCC(C)N(CC(=O)O)S(=O)(=O)C(C)C. The lowest BCUT2D eigenvalue weighted by atomic mass is 10.2. The summed E-state index contributed by atoms with van der Waals surface area (Å²) in [5.41, 5.74) is 0. The zero-order valence-corrected chi connectivity index (χ0v) is 10.4. The summed E-state index contributed by atoms with van der Waals surface area (Å²) in [6.07, 6.45) is 0.596. The maximum absolute atomic E-state index is 11.8. The number of carbonyl (C=O) groups is 1. The van der Waals surface area contributed by atoms with E-state index < -0.39 is 27.8 Å². The molecule has 0 aromatic carbocycles. The topological polar surface area (TPSA) is 74.7 Å². The summed E-state index contributed by atoms with van der Waals surface area (Å²) in [5, 5.41) is 8.08. The first-order valence-electron chi connectivity index (χ1n) is 4.95. The molecule has 0 saturated carbocycles. The Balaban J connectivity index is 5.02. The highest BCUT2D eigenvalue weighted by atomic mass is 32.2. The van der Waals surface area contributed by atoms with Crippen molar-refractivity contribution in [1.29, 1.82) is 0 Å². The van der Waals surface area contributed by atoms with Crippen LogP contribution < -0.4 is 0 Å². The molecule has 0 aromatic rings. The Kier molecular flexibility index (Phi) is 5.23. The molecule has 0 rings (SSSR count). The molecule has 0 saturated heterocycles. The fourth-order valence-electron chi connectivity index (χ4n) is 1.10. The zero-order valence-electron chi connectivity index (χ0n) is 9.60. The number of hydrogen-bond acceptors (Lipinski definition) is 3. The van der Waals surface area contributed by atoms with Gasteiger partial charge in [-0.25, -0.2) is 8.42 Å². The van der Waals surface area contributed by atoms with Gasteiger partial charge in [0, 0.05) is 6.04 Å². The third-order valence-electron chi connectivity index (χ3n) is 2.30. The number of rotatable bonds is 6. The van der Waals surface area contributed by atoms with Gasteiger partial charge < -0.3 is 5.11 Å². The minimum absolute atomic E-state index is 0.284. The van der Waals surface area contributed by atoms with E-state index in [1.165, 1.54) is 0 Å². The van der Waals surface area contributed by atoms with Crippen molar-refractivity contribution in [2.75, 3.05) is 6.54 Å². The lowest BCUT2D eigenvalue weighted by Gasteiger charge is -2.27. The van der Waals surface area contributed by atoms with Crippen LogP contribution >= 0.6 is 0 Å². The molecule has 6 heteroatoms. The molecule has 0 aliphatic heterocycles. The van der Waals surface area contributed by atoms with Crippen LogP contribution in [0.2, 0.25) is 0 Å². The average molecular weight is 237 g/mol. The van der Waals surface area contributed by atoms with E-state index in [1.807, 2.05) is 6.92 Å². The Bertz CT molecular complexity index is 310. The van der Waals surface area contributed by atoms with Gasteiger partial charge in [0.2, 0.25) is 10.0 Å². The van der Waals surface area contributed by atoms with Gasteiger partial charge in [0.15, 0.2) is 0 Å². The standard InChI is InChI=1S/C9H19NO4S/c1-5-8(4)10(6-9(11)12)15(13,14)7(2)3/h7-8H,5-6H2,1-4H3,(H,11,12). The molecule has 0 radical (unpaired) electrons. The zero-order chi connectivity index (χ0) is 12.2. The Labute approximate surface area is 91.1 Å². The Hall–Kier alpha value is -0.620. The molecular weight excluding hydrogens is 218 g/mol. The van der Waals surface area contributed by atoms with E-state index in [0.717, 1.165) is 4.31 Å². The van der Waals surface area contributed by atoms with Gasteiger partial charge in [-0.05, 0) is 27.2 Å². The van der Waals surface area contributed by atoms with Crippen molar-refractivity contribution >= 4 is 16.0 Å². The van der Waals surface area contributed by atoms with Gasteiger partial charge in [-0.15, -0.1) is 0 Å². The third kappa shape index (κ3) is 3.79. The molecule has 15 heavy (non-hydrogen) atoms. The molecule has 5 nitrogen and oxygen atoms in total. The molecule has 0 fully saturated rings. The fourth-order valence-corrected chi connectivity index (χ4v) is 2.59. The van der Waals surface area contributed by atoms with E-state index >= 15 is 0 Å². The molecular formula is C9H19NO4S. The van der Waals surface area contributed by atoms with Crippen LogP contribution in [0.4, 0.5) is 0 Å². The van der Waals surface area contributed by atoms with Gasteiger partial charge in [-0.2, -0.15) is 4.31 Å². The first kappa shape index (κ1) is 14.4. The molecule has 0 amide bonds. The number of aliphatic carboxylic acids is 1. The quantitative estimate of drug-likeness (QED) is 0.745. The molecule has 0 aromatic heterocycles. The van der Waals surface area contributed by atoms with Crippen LogP contribution in [0.15, 0.2) is 0 Å². The van der Waals surface area contributed by atoms with Crippen molar-refractivity contribution in [3.8, 4) is 0 Å². The summed E-state index contributed by atoms with van der Waals surface area (Å²) in [6.45, 7) is 6.17. The lowest BCUT2D eigenvalue weighted by Crippen LogP contribution is -2.44. The summed E-state index contributed by atoms with van der Waals surface area (Å²) in [5.74, 6) is -1.13. The van der Waals surface area contributed by atoms with Crippen LogP contribution in [0.3, 0.4) is 0 Å². The van der Waals surface area contributed by atoms with Crippen molar-refractivity contribution in [3.63, 3.8) is 0 Å². The Morgan fingerprint density at radius 1 is 1.33 bits per heavy atom. The van der Waals surface area contributed by atoms with Gasteiger partial charge in [0.05, 0.1) is 5.25 Å². The maximum atomic E-state index is 11.8. The predicted molar refractivity (Wildman–Crippen MR) is 58.2 cm³/mol. The Morgan fingerprint density at radius 2 is 1.80 bits per heavy atom. The summed E-state index contributed by atoms with van der Waals surface area (Å²) < 4.78 is 24.7. The number of sulfonamides is 1. The van der Waals surface area contributed by atoms with E-state index in [0.29, 0.717) is 6.42 Å². The number of carboxylic acids is 1. The van der Waals surface area contributed by atoms with Crippen molar-refractivity contribution in [1.82, 2.24) is 4.31 Å². The van der Waals surface area contributed by atoms with Gasteiger partial charge in [-0.1, -0.05) is 6.92 Å². The minimum Gasteiger partial charge on any atom is -0.480 e. The van der Waals surface area contributed by atoms with E-state index in [2.05, 4.69) is 0 Å². The molecule has 0 bridgehead atoms. The summed E-state index contributed by atoms with van der Waals surface area (Å²) in [6, 6.07) is -0.284. The number of carboxylic acid groups (broad SMARTS) is 1. The monoisotopic (exact) mass is 237 g/mol. The normalized spacial score (nSPS) is 14.5. The first-order chi connectivity index (χ1) is 6.73. The van der Waals surface area contributed by atoms with E-state index in [9.17, 15) is 13.2 Å². The summed E-state index contributed by atoms with van der Waals surface area (Å²) in [4.78, 5) is 10.6. The molecule has 0 heterocycles. The molecule has 0 aliphatic carbocycles. The summed E-state index contributed by atoms with van der Waals surface area (Å²) in [7, 11) is -3.49. The van der Waals surface area contributed by atoms with E-state index in [4.69, 9.17) is 5.11 Å². The average Bonchev–Trinajstić information content (AvgIpc) is 2.12. The second kappa shape index (κ2) is 5.46. The van der Waals surface area contributed by atoms with Gasteiger partial charge in [0.25, 0.3) is 0 Å². The molecule has 1 atom stereocenters. The smallest absolute Gasteiger partial charge is 0.318 e. The van der Waals surface area contributed by atoms with Crippen LogP contribution in [-0.2, 0) is 14.8 Å². The van der Waals surface area contributed by atoms with Gasteiger partial charge in [0.1, 0.15) is 6.54 Å². The van der Waals surface area contributed by atoms with Gasteiger partial charge >= 0.3 is 5.97 Å².